The van der Waals surface area contributed by atoms with E-state index in [1.54, 1.807) is 0 Å². The average Bonchev–Trinajstić information content (AvgIpc) is 3.30. The molecule has 0 saturated heterocycles. The summed E-state index contributed by atoms with van der Waals surface area (Å²) in [6.07, 6.45) is 1.85. The molecule has 0 bridgehead atoms. The molecule has 0 radical (unpaired) electrons. The molecule has 1 saturated carbocycles. The largest absolute Gasteiger partial charge is 0.493 e. The average molecular weight is 305 g/mol. The van der Waals surface area contributed by atoms with Crippen molar-refractivity contribution in [2.45, 2.75) is 32.2 Å². The van der Waals surface area contributed by atoms with E-state index in [0.717, 1.165) is 18.4 Å². The fraction of sp³-hybridized carbons (Fsp3) is 0.400. The van der Waals surface area contributed by atoms with Crippen LogP contribution in [0.25, 0.3) is 0 Å². The smallest absolute Gasteiger partial charge is 0.327 e. The summed E-state index contributed by atoms with van der Waals surface area (Å²) in [4.78, 5) is 34.2. The Morgan fingerprint density at radius 3 is 2.41 bits per heavy atom. The quantitative estimate of drug-likeness (QED) is 0.534. The number of aryl methyl sites for hydroxylation is 1. The van der Waals surface area contributed by atoms with Gasteiger partial charge in [0.25, 0.3) is 0 Å². The highest BCUT2D eigenvalue weighted by Crippen LogP contribution is 2.18. The molecule has 22 heavy (non-hydrogen) atoms. The van der Waals surface area contributed by atoms with Crippen molar-refractivity contribution in [3.63, 3.8) is 0 Å². The lowest BCUT2D eigenvalue weighted by Crippen LogP contribution is -2.49. The predicted molar refractivity (Wildman–Crippen MR) is 78.7 cm³/mol. The third-order valence-electron chi connectivity index (χ3n) is 3.05. The molecule has 0 atom stereocenters. The van der Waals surface area contributed by atoms with E-state index in [2.05, 4.69) is 16.2 Å². The Hall–Kier alpha value is -2.57. The van der Waals surface area contributed by atoms with Crippen LogP contribution < -0.4 is 20.9 Å². The molecule has 1 aromatic rings. The van der Waals surface area contributed by atoms with Gasteiger partial charge in [-0.25, -0.2) is 0 Å². The van der Waals surface area contributed by atoms with Crippen molar-refractivity contribution < 1.29 is 19.1 Å². The summed E-state index contributed by atoms with van der Waals surface area (Å²) in [7, 11) is 0. The SMILES string of the molecule is Cc1ccc(OCCC(=O)NNC(=O)C(=O)NC2CC2)cc1. The zero-order chi connectivity index (χ0) is 15.9. The maximum atomic E-state index is 11.5. The van der Waals surface area contributed by atoms with E-state index in [-0.39, 0.29) is 19.1 Å². The molecular weight excluding hydrogens is 286 g/mol. The number of nitrogens with one attached hydrogen (secondary N) is 3. The summed E-state index contributed by atoms with van der Waals surface area (Å²) in [6.45, 7) is 2.15. The van der Waals surface area contributed by atoms with E-state index in [0.29, 0.717) is 5.75 Å². The van der Waals surface area contributed by atoms with Crippen LogP contribution in [0, 0.1) is 6.92 Å². The molecule has 7 nitrogen and oxygen atoms in total. The molecule has 1 aliphatic rings. The minimum Gasteiger partial charge on any atom is -0.493 e. The van der Waals surface area contributed by atoms with E-state index < -0.39 is 17.7 Å². The van der Waals surface area contributed by atoms with Gasteiger partial charge in [-0.2, -0.15) is 0 Å². The molecule has 1 fully saturated rings. The summed E-state index contributed by atoms with van der Waals surface area (Å²) >= 11 is 0. The van der Waals surface area contributed by atoms with Gasteiger partial charge in [0.1, 0.15) is 5.75 Å². The van der Waals surface area contributed by atoms with E-state index in [4.69, 9.17) is 4.74 Å². The third kappa shape index (κ3) is 5.43. The lowest BCUT2D eigenvalue weighted by Gasteiger charge is -2.08. The van der Waals surface area contributed by atoms with Crippen LogP contribution in [0.1, 0.15) is 24.8 Å². The molecular formula is C15H19N3O4. The molecule has 1 aliphatic carbocycles. The summed E-state index contributed by atoms with van der Waals surface area (Å²) in [6, 6.07) is 7.55. The van der Waals surface area contributed by atoms with Crippen LogP contribution in [0.3, 0.4) is 0 Å². The van der Waals surface area contributed by atoms with Gasteiger partial charge in [-0.05, 0) is 31.9 Å². The number of amides is 3. The monoisotopic (exact) mass is 305 g/mol. The zero-order valence-corrected chi connectivity index (χ0v) is 12.3. The number of carbonyl (C=O) groups excluding carboxylic acids is 3. The Labute approximate surface area is 128 Å². The molecule has 0 spiro atoms. The Bertz CT molecular complexity index is 552. The van der Waals surface area contributed by atoms with Crippen molar-refractivity contribution in [1.29, 1.82) is 0 Å². The van der Waals surface area contributed by atoms with Gasteiger partial charge < -0.3 is 10.1 Å². The highest BCUT2D eigenvalue weighted by molar-refractivity contribution is 6.35. The molecule has 0 unspecified atom stereocenters. The second kappa shape index (κ2) is 7.44. The van der Waals surface area contributed by atoms with Crippen LogP contribution in [-0.4, -0.2) is 30.4 Å². The minimum absolute atomic E-state index is 0.0679. The second-order valence-electron chi connectivity index (χ2n) is 5.16. The fourth-order valence-electron chi connectivity index (χ4n) is 1.62. The Balaban J connectivity index is 1.59. The van der Waals surface area contributed by atoms with Crippen molar-refractivity contribution in [3.8, 4) is 5.75 Å². The number of hydrazine groups is 1. The van der Waals surface area contributed by atoms with Crippen molar-refractivity contribution in [2.24, 2.45) is 0 Å². The van der Waals surface area contributed by atoms with E-state index >= 15 is 0 Å². The molecule has 118 valence electrons. The van der Waals surface area contributed by atoms with Gasteiger partial charge in [0, 0.05) is 6.04 Å². The van der Waals surface area contributed by atoms with E-state index in [1.165, 1.54) is 0 Å². The standard InChI is InChI=1S/C15H19N3O4/c1-10-2-6-12(7-3-10)22-9-8-13(19)17-18-15(21)14(20)16-11-4-5-11/h2-3,6-7,11H,4-5,8-9H2,1H3,(H,16,20)(H,17,19)(H,18,21). The maximum Gasteiger partial charge on any atom is 0.327 e. The first-order valence-corrected chi connectivity index (χ1v) is 7.14. The lowest BCUT2D eigenvalue weighted by atomic mass is 10.2. The highest BCUT2D eigenvalue weighted by Gasteiger charge is 2.26. The molecule has 2 rings (SSSR count). The number of rotatable bonds is 5. The highest BCUT2D eigenvalue weighted by atomic mass is 16.5. The summed E-state index contributed by atoms with van der Waals surface area (Å²) in [5, 5.41) is 2.52. The molecule has 1 aromatic carbocycles. The topological polar surface area (TPSA) is 96.5 Å². The summed E-state index contributed by atoms with van der Waals surface area (Å²) in [5.74, 6) is -1.37. The number of carbonyl (C=O) groups is 3. The maximum absolute atomic E-state index is 11.5. The van der Waals surface area contributed by atoms with Crippen molar-refractivity contribution >= 4 is 17.7 Å². The van der Waals surface area contributed by atoms with Gasteiger partial charge in [0.2, 0.25) is 5.91 Å². The van der Waals surface area contributed by atoms with Crippen molar-refractivity contribution in [1.82, 2.24) is 16.2 Å². The lowest BCUT2D eigenvalue weighted by molar-refractivity contribution is -0.141. The fourth-order valence-corrected chi connectivity index (χ4v) is 1.62. The molecule has 0 aromatic heterocycles. The van der Waals surface area contributed by atoms with E-state index in [1.807, 2.05) is 31.2 Å². The van der Waals surface area contributed by atoms with Crippen molar-refractivity contribution in [3.05, 3.63) is 29.8 Å². The predicted octanol–water partition coefficient (Wildman–Crippen LogP) is 0.190. The molecule has 3 N–H and O–H groups in total. The Morgan fingerprint density at radius 2 is 1.77 bits per heavy atom. The second-order valence-corrected chi connectivity index (χ2v) is 5.16. The van der Waals surface area contributed by atoms with Crippen LogP contribution in [0.5, 0.6) is 5.75 Å². The first-order valence-electron chi connectivity index (χ1n) is 7.14. The van der Waals surface area contributed by atoms with Crippen LogP contribution in [0.15, 0.2) is 24.3 Å². The van der Waals surface area contributed by atoms with Gasteiger partial charge in [-0.3, -0.25) is 25.2 Å². The normalized spacial score (nSPS) is 13.1. The number of benzene rings is 1. The van der Waals surface area contributed by atoms with Gasteiger partial charge >= 0.3 is 11.8 Å². The van der Waals surface area contributed by atoms with Gasteiger partial charge in [-0.1, -0.05) is 17.7 Å². The molecule has 0 heterocycles. The molecule has 7 heteroatoms. The van der Waals surface area contributed by atoms with Gasteiger partial charge in [-0.15, -0.1) is 0 Å². The van der Waals surface area contributed by atoms with Gasteiger partial charge in [0.05, 0.1) is 13.0 Å². The molecule has 3 amide bonds. The van der Waals surface area contributed by atoms with Crippen LogP contribution in [-0.2, 0) is 14.4 Å². The first-order chi connectivity index (χ1) is 10.5. The summed E-state index contributed by atoms with van der Waals surface area (Å²) in [5.41, 5.74) is 5.36. The van der Waals surface area contributed by atoms with Crippen molar-refractivity contribution in [2.75, 3.05) is 6.61 Å². The third-order valence-corrected chi connectivity index (χ3v) is 3.05. The van der Waals surface area contributed by atoms with Crippen LogP contribution in [0.4, 0.5) is 0 Å². The minimum atomic E-state index is -0.875. The Morgan fingerprint density at radius 1 is 1.09 bits per heavy atom. The first kappa shape index (κ1) is 15.8. The number of hydrogen-bond acceptors (Lipinski definition) is 4. The zero-order valence-electron chi connectivity index (χ0n) is 12.3. The van der Waals surface area contributed by atoms with Crippen LogP contribution in [0.2, 0.25) is 0 Å². The van der Waals surface area contributed by atoms with E-state index in [9.17, 15) is 14.4 Å². The number of ether oxygens (including phenoxy) is 1. The van der Waals surface area contributed by atoms with Crippen LogP contribution >= 0.6 is 0 Å². The van der Waals surface area contributed by atoms with Gasteiger partial charge in [0.15, 0.2) is 0 Å². The number of hydrogen-bond donors (Lipinski definition) is 3. The summed E-state index contributed by atoms with van der Waals surface area (Å²) < 4.78 is 5.39. The molecule has 0 aliphatic heterocycles. The Kier molecular flexibility index (Phi) is 5.35.